The van der Waals surface area contributed by atoms with Crippen LogP contribution in [0.1, 0.15) is 0 Å². The molecule has 47 heavy (non-hydrogen) atoms. The summed E-state index contributed by atoms with van der Waals surface area (Å²) in [5, 5.41) is 17.4. The first-order valence-corrected chi connectivity index (χ1v) is 16.3. The van der Waals surface area contributed by atoms with Gasteiger partial charge < -0.3 is 4.42 Å². The molecular weight excluding hydrogens is 569 g/mol. The quantitative estimate of drug-likeness (QED) is 0.182. The summed E-state index contributed by atoms with van der Waals surface area (Å²) >= 11 is 0. The Morgan fingerprint density at radius 1 is 0.277 bits per heavy atom. The molecule has 0 fully saturated rings. The summed E-state index contributed by atoms with van der Waals surface area (Å²) in [5.41, 5.74) is 6.60. The standard InChI is InChI=1S/C46H26O/c1-4-13-35-27(8-1)18-23-39-41-25-32(34-21-19-30-17-16-28-10-7-11-29-20-22-38(34)44(30)43(28)29)26-42(46(41)47-45(35)39)40-24-31-9-2-3-12-33(31)36-14-5-6-15-37(36)40/h1-26H. The summed E-state index contributed by atoms with van der Waals surface area (Å²) in [6.45, 7) is 0. The van der Waals surface area contributed by atoms with Crippen LogP contribution in [0.3, 0.4) is 0 Å². The number of hydrogen-bond acceptors (Lipinski definition) is 1. The Bertz CT molecular complexity index is 3050. The number of hydrogen-bond donors (Lipinski definition) is 0. The topological polar surface area (TPSA) is 13.1 Å². The summed E-state index contributed by atoms with van der Waals surface area (Å²) in [4.78, 5) is 0. The fourth-order valence-corrected chi connectivity index (χ4v) is 8.23. The minimum Gasteiger partial charge on any atom is -0.455 e. The Morgan fingerprint density at radius 3 is 1.74 bits per heavy atom. The third-order valence-corrected chi connectivity index (χ3v) is 10.4. The molecule has 1 heterocycles. The van der Waals surface area contributed by atoms with E-state index in [2.05, 4.69) is 158 Å². The number of fused-ring (bicyclic) bond motifs is 8. The van der Waals surface area contributed by atoms with Crippen molar-refractivity contribution in [2.45, 2.75) is 0 Å². The molecule has 0 unspecified atom stereocenters. The van der Waals surface area contributed by atoms with Gasteiger partial charge in [0, 0.05) is 21.7 Å². The molecule has 0 saturated heterocycles. The van der Waals surface area contributed by atoms with Gasteiger partial charge in [0.2, 0.25) is 0 Å². The molecule has 0 saturated carbocycles. The molecular formula is C46H26O. The van der Waals surface area contributed by atoms with E-state index < -0.39 is 0 Å². The van der Waals surface area contributed by atoms with Gasteiger partial charge in [-0.25, -0.2) is 0 Å². The first-order valence-electron chi connectivity index (χ1n) is 16.3. The third kappa shape index (κ3) is 3.43. The Kier molecular flexibility index (Phi) is 4.90. The molecule has 0 radical (unpaired) electrons. The van der Waals surface area contributed by atoms with Crippen LogP contribution >= 0.6 is 0 Å². The lowest BCUT2D eigenvalue weighted by atomic mass is 9.87. The predicted molar refractivity (Wildman–Crippen MR) is 201 cm³/mol. The van der Waals surface area contributed by atoms with E-state index in [1.54, 1.807) is 0 Å². The Hall–Kier alpha value is -6.18. The van der Waals surface area contributed by atoms with Crippen molar-refractivity contribution in [3.05, 3.63) is 158 Å². The van der Waals surface area contributed by atoms with Crippen molar-refractivity contribution in [2.75, 3.05) is 0 Å². The highest BCUT2D eigenvalue weighted by Gasteiger charge is 2.20. The number of benzene rings is 10. The van der Waals surface area contributed by atoms with Crippen LogP contribution in [0.5, 0.6) is 0 Å². The Balaban J connectivity index is 1.31. The minimum atomic E-state index is 0.929. The lowest BCUT2D eigenvalue weighted by Gasteiger charge is -2.16. The minimum absolute atomic E-state index is 0.929. The summed E-state index contributed by atoms with van der Waals surface area (Å²) in [7, 11) is 0. The van der Waals surface area contributed by atoms with Gasteiger partial charge in [0.05, 0.1) is 0 Å². The molecule has 216 valence electrons. The molecule has 0 aliphatic rings. The van der Waals surface area contributed by atoms with Crippen LogP contribution in [-0.4, -0.2) is 0 Å². The van der Waals surface area contributed by atoms with Gasteiger partial charge in [-0.15, -0.1) is 0 Å². The smallest absolute Gasteiger partial charge is 0.143 e. The highest BCUT2D eigenvalue weighted by atomic mass is 16.3. The van der Waals surface area contributed by atoms with Gasteiger partial charge in [-0.05, 0) is 100 Å². The normalized spacial score (nSPS) is 12.3. The second-order valence-corrected chi connectivity index (χ2v) is 12.8. The Labute approximate surface area is 270 Å². The molecule has 0 aliphatic heterocycles. The van der Waals surface area contributed by atoms with E-state index in [9.17, 15) is 0 Å². The Morgan fingerprint density at radius 2 is 0.894 bits per heavy atom. The fourth-order valence-electron chi connectivity index (χ4n) is 8.23. The predicted octanol–water partition coefficient (Wildman–Crippen LogP) is 13.3. The lowest BCUT2D eigenvalue weighted by Crippen LogP contribution is -1.89. The maximum Gasteiger partial charge on any atom is 0.143 e. The van der Waals surface area contributed by atoms with Crippen LogP contribution in [0, 0.1) is 0 Å². The van der Waals surface area contributed by atoms with Crippen molar-refractivity contribution in [3.63, 3.8) is 0 Å². The van der Waals surface area contributed by atoms with Crippen molar-refractivity contribution < 1.29 is 4.42 Å². The molecule has 11 aromatic rings. The molecule has 0 amide bonds. The molecule has 1 nitrogen and oxygen atoms in total. The van der Waals surface area contributed by atoms with E-state index in [1.165, 1.54) is 75.9 Å². The van der Waals surface area contributed by atoms with Crippen molar-refractivity contribution >= 4 is 86.6 Å². The van der Waals surface area contributed by atoms with Crippen molar-refractivity contribution in [2.24, 2.45) is 0 Å². The van der Waals surface area contributed by atoms with E-state index in [4.69, 9.17) is 4.42 Å². The van der Waals surface area contributed by atoms with Crippen LogP contribution in [0.25, 0.3) is 109 Å². The lowest BCUT2D eigenvalue weighted by molar-refractivity contribution is 0.674. The molecule has 10 aromatic carbocycles. The maximum absolute atomic E-state index is 6.98. The van der Waals surface area contributed by atoms with Gasteiger partial charge in [0.1, 0.15) is 11.2 Å². The molecule has 0 atom stereocenters. The summed E-state index contributed by atoms with van der Waals surface area (Å²) < 4.78 is 6.98. The van der Waals surface area contributed by atoms with Crippen LogP contribution in [0.15, 0.2) is 162 Å². The van der Waals surface area contributed by atoms with Crippen LogP contribution < -0.4 is 0 Å². The first kappa shape index (κ1) is 25.1. The van der Waals surface area contributed by atoms with Crippen LogP contribution in [0.4, 0.5) is 0 Å². The van der Waals surface area contributed by atoms with E-state index in [0.29, 0.717) is 0 Å². The van der Waals surface area contributed by atoms with Gasteiger partial charge in [0.25, 0.3) is 0 Å². The average molecular weight is 595 g/mol. The molecule has 1 heteroatoms. The second kappa shape index (κ2) is 9.19. The van der Waals surface area contributed by atoms with E-state index >= 15 is 0 Å². The summed E-state index contributed by atoms with van der Waals surface area (Å²) in [6, 6.07) is 57.9. The highest BCUT2D eigenvalue weighted by molar-refractivity contribution is 6.27. The number of rotatable bonds is 2. The fraction of sp³-hybridized carbons (Fsp3) is 0. The second-order valence-electron chi connectivity index (χ2n) is 12.8. The zero-order valence-electron chi connectivity index (χ0n) is 25.4. The molecule has 0 aliphatic carbocycles. The van der Waals surface area contributed by atoms with E-state index in [0.717, 1.165) is 32.9 Å². The SMILES string of the molecule is c1ccc2c(c1)cc(-c1cc(-c3ccc4ccc5cccc6ccc3c4c56)cc3c1oc1c4ccccc4ccc31)c1ccccc12. The zero-order valence-corrected chi connectivity index (χ0v) is 25.4. The van der Waals surface area contributed by atoms with E-state index in [-0.39, 0.29) is 0 Å². The highest BCUT2D eigenvalue weighted by Crippen LogP contribution is 2.46. The third-order valence-electron chi connectivity index (χ3n) is 10.4. The zero-order chi connectivity index (χ0) is 30.6. The molecule has 1 aromatic heterocycles. The first-order chi connectivity index (χ1) is 23.3. The van der Waals surface area contributed by atoms with Crippen LogP contribution in [-0.2, 0) is 0 Å². The summed E-state index contributed by atoms with van der Waals surface area (Å²) in [5.74, 6) is 0. The largest absolute Gasteiger partial charge is 0.455 e. The van der Waals surface area contributed by atoms with Gasteiger partial charge >= 0.3 is 0 Å². The van der Waals surface area contributed by atoms with E-state index in [1.807, 2.05) is 0 Å². The van der Waals surface area contributed by atoms with Crippen molar-refractivity contribution in [1.82, 2.24) is 0 Å². The van der Waals surface area contributed by atoms with Gasteiger partial charge in [-0.3, -0.25) is 0 Å². The van der Waals surface area contributed by atoms with Gasteiger partial charge in [0.15, 0.2) is 0 Å². The summed E-state index contributed by atoms with van der Waals surface area (Å²) in [6.07, 6.45) is 0. The monoisotopic (exact) mass is 594 g/mol. The molecule has 0 spiro atoms. The number of furan rings is 1. The molecule has 11 rings (SSSR count). The van der Waals surface area contributed by atoms with Crippen LogP contribution in [0.2, 0.25) is 0 Å². The molecule has 0 N–H and O–H groups in total. The molecule has 0 bridgehead atoms. The van der Waals surface area contributed by atoms with Crippen molar-refractivity contribution in [3.8, 4) is 22.3 Å². The van der Waals surface area contributed by atoms with Gasteiger partial charge in [-0.1, -0.05) is 133 Å². The average Bonchev–Trinajstić information content (AvgIpc) is 3.52. The van der Waals surface area contributed by atoms with Gasteiger partial charge in [-0.2, -0.15) is 0 Å². The maximum atomic E-state index is 6.98. The van der Waals surface area contributed by atoms with Crippen molar-refractivity contribution in [1.29, 1.82) is 0 Å².